The summed E-state index contributed by atoms with van der Waals surface area (Å²) in [7, 11) is 0. The zero-order valence-electron chi connectivity index (χ0n) is 37.3. The number of hydrogen-bond acceptors (Lipinski definition) is 8. The average molecular weight is 822 g/mol. The molecular weight excluding hydrogens is 731 g/mol. The van der Waals surface area contributed by atoms with Gasteiger partial charge in [0.25, 0.3) is 0 Å². The Balaban J connectivity index is 2.07. The molecule has 1 amide bonds. The van der Waals surface area contributed by atoms with Gasteiger partial charge in [0.1, 0.15) is 24.4 Å². The first-order valence-electron chi connectivity index (χ1n) is 24.2. The molecule has 1 aliphatic rings. The van der Waals surface area contributed by atoms with E-state index in [1.165, 1.54) is 148 Å². The van der Waals surface area contributed by atoms with Crippen molar-refractivity contribution < 1.29 is 39.8 Å². The molecule has 6 N–H and O–H groups in total. The Hall–Kier alpha value is -1.59. The molecule has 340 valence electrons. The molecule has 0 spiro atoms. The standard InChI is InChI=1S/C49H91NO8/c1-3-5-7-8-9-10-11-12-13-14-15-16-17-18-19-20-21-22-23-24-25-26-27-28-29-30-31-32-33-34-35-37-38-43(52)42(50-45(53)39-36-6-4-2)41-57-49-48(56)47(55)46(54)44(40-51)58-49/h28-29,32-33,37-38,42-44,46-49,51-52,54-56H,3-27,30-31,34-36,39-41H2,1-2H3,(H,50,53)/b29-28+,33-32+,38-37+. The van der Waals surface area contributed by atoms with E-state index in [-0.39, 0.29) is 12.5 Å². The van der Waals surface area contributed by atoms with Crippen molar-refractivity contribution in [3.63, 3.8) is 0 Å². The van der Waals surface area contributed by atoms with Gasteiger partial charge in [0, 0.05) is 6.42 Å². The van der Waals surface area contributed by atoms with Crippen LogP contribution in [-0.4, -0.2) is 87.5 Å². The lowest BCUT2D eigenvalue weighted by molar-refractivity contribution is -0.302. The maximum absolute atomic E-state index is 12.6. The summed E-state index contributed by atoms with van der Waals surface area (Å²) < 4.78 is 11.1. The molecule has 0 saturated carbocycles. The monoisotopic (exact) mass is 822 g/mol. The van der Waals surface area contributed by atoms with Gasteiger partial charge in [-0.05, 0) is 44.9 Å². The third-order valence-electron chi connectivity index (χ3n) is 11.4. The van der Waals surface area contributed by atoms with Gasteiger partial charge in [-0.25, -0.2) is 0 Å². The molecule has 7 unspecified atom stereocenters. The number of carbonyl (C=O) groups excluding carboxylic acids is 1. The summed E-state index contributed by atoms with van der Waals surface area (Å²) in [5, 5.41) is 53.6. The van der Waals surface area contributed by atoms with E-state index in [1.54, 1.807) is 6.08 Å². The van der Waals surface area contributed by atoms with Gasteiger partial charge in [0.2, 0.25) is 5.91 Å². The highest BCUT2D eigenvalue weighted by atomic mass is 16.7. The van der Waals surface area contributed by atoms with Gasteiger partial charge >= 0.3 is 0 Å². The van der Waals surface area contributed by atoms with Crippen LogP contribution in [0.25, 0.3) is 0 Å². The summed E-state index contributed by atoms with van der Waals surface area (Å²) in [5.74, 6) is -0.216. The third-order valence-corrected chi connectivity index (χ3v) is 11.4. The number of amides is 1. The quantitative estimate of drug-likeness (QED) is 0.0264. The minimum absolute atomic E-state index is 0.208. The van der Waals surface area contributed by atoms with E-state index in [2.05, 4.69) is 43.5 Å². The number of aliphatic hydroxyl groups excluding tert-OH is 5. The van der Waals surface area contributed by atoms with Gasteiger partial charge in [-0.2, -0.15) is 0 Å². The number of carbonyl (C=O) groups is 1. The van der Waals surface area contributed by atoms with E-state index < -0.39 is 49.5 Å². The molecule has 0 aliphatic carbocycles. The molecule has 1 aliphatic heterocycles. The van der Waals surface area contributed by atoms with Crippen LogP contribution in [0.2, 0.25) is 0 Å². The zero-order valence-corrected chi connectivity index (χ0v) is 37.3. The molecule has 0 radical (unpaired) electrons. The summed E-state index contributed by atoms with van der Waals surface area (Å²) in [4.78, 5) is 12.6. The average Bonchev–Trinajstić information content (AvgIpc) is 3.22. The van der Waals surface area contributed by atoms with Gasteiger partial charge < -0.3 is 40.3 Å². The van der Waals surface area contributed by atoms with Crippen molar-refractivity contribution in [2.45, 2.75) is 256 Å². The Bertz CT molecular complexity index is 1000. The highest BCUT2D eigenvalue weighted by Gasteiger charge is 2.44. The minimum atomic E-state index is -1.57. The second-order valence-corrected chi connectivity index (χ2v) is 16.9. The molecule has 0 aromatic rings. The topological polar surface area (TPSA) is 149 Å². The van der Waals surface area contributed by atoms with Crippen LogP contribution in [0.15, 0.2) is 36.5 Å². The summed E-state index contributed by atoms with van der Waals surface area (Å²) in [5.41, 5.74) is 0. The second kappa shape index (κ2) is 39.5. The maximum Gasteiger partial charge on any atom is 0.220 e. The molecule has 0 bridgehead atoms. The molecule has 58 heavy (non-hydrogen) atoms. The lowest BCUT2D eigenvalue weighted by Gasteiger charge is -2.40. The fourth-order valence-corrected chi connectivity index (χ4v) is 7.54. The fourth-order valence-electron chi connectivity index (χ4n) is 7.54. The molecule has 1 fully saturated rings. The molecule has 9 nitrogen and oxygen atoms in total. The summed E-state index contributed by atoms with van der Waals surface area (Å²) in [6, 6.07) is -0.821. The normalized spacial score (nSPS) is 21.1. The van der Waals surface area contributed by atoms with E-state index in [4.69, 9.17) is 9.47 Å². The molecule has 0 aromatic carbocycles. The van der Waals surface area contributed by atoms with E-state index in [1.807, 2.05) is 6.08 Å². The Morgan fingerprint density at radius 1 is 0.569 bits per heavy atom. The van der Waals surface area contributed by atoms with Crippen molar-refractivity contribution in [2.24, 2.45) is 0 Å². The third kappa shape index (κ3) is 29.6. The van der Waals surface area contributed by atoms with Gasteiger partial charge in [-0.1, -0.05) is 198 Å². The van der Waals surface area contributed by atoms with E-state index >= 15 is 0 Å². The Morgan fingerprint density at radius 3 is 1.45 bits per heavy atom. The van der Waals surface area contributed by atoms with Gasteiger partial charge in [0.05, 0.1) is 25.4 Å². The first-order chi connectivity index (χ1) is 28.3. The SMILES string of the molecule is CCCCCCCCCCCCCCCCCCCCCCCC/C=C/CC/C=C/CC/C=C/C(O)C(COC1OC(CO)C(O)C(O)C1O)NC(=O)CCCCC. The number of rotatable bonds is 40. The van der Waals surface area contributed by atoms with Gasteiger partial charge in [-0.3, -0.25) is 4.79 Å². The number of ether oxygens (including phenoxy) is 2. The molecule has 1 saturated heterocycles. The number of allylic oxidation sites excluding steroid dienone is 5. The van der Waals surface area contributed by atoms with Crippen molar-refractivity contribution in [1.29, 1.82) is 0 Å². The molecule has 1 heterocycles. The highest BCUT2D eigenvalue weighted by molar-refractivity contribution is 5.76. The van der Waals surface area contributed by atoms with Crippen LogP contribution in [0.1, 0.15) is 213 Å². The predicted octanol–water partition coefficient (Wildman–Crippen LogP) is 10.5. The molecule has 7 atom stereocenters. The second-order valence-electron chi connectivity index (χ2n) is 16.9. The Labute approximate surface area is 355 Å². The van der Waals surface area contributed by atoms with Crippen LogP contribution in [0.3, 0.4) is 0 Å². The molecule has 9 heteroatoms. The van der Waals surface area contributed by atoms with Gasteiger partial charge in [-0.15, -0.1) is 0 Å². The van der Waals surface area contributed by atoms with Crippen molar-refractivity contribution >= 4 is 5.91 Å². The number of nitrogens with one attached hydrogen (secondary N) is 1. The summed E-state index contributed by atoms with van der Waals surface area (Å²) in [6.45, 7) is 3.57. The van der Waals surface area contributed by atoms with Crippen LogP contribution in [0.4, 0.5) is 0 Å². The predicted molar refractivity (Wildman–Crippen MR) is 240 cm³/mol. The molecule has 0 aromatic heterocycles. The van der Waals surface area contributed by atoms with Crippen LogP contribution in [0.5, 0.6) is 0 Å². The number of hydrogen-bond donors (Lipinski definition) is 6. The van der Waals surface area contributed by atoms with Crippen LogP contribution in [0, 0.1) is 0 Å². The van der Waals surface area contributed by atoms with E-state index in [9.17, 15) is 30.3 Å². The van der Waals surface area contributed by atoms with Crippen LogP contribution in [-0.2, 0) is 14.3 Å². The molecular formula is C49H91NO8. The van der Waals surface area contributed by atoms with Crippen LogP contribution < -0.4 is 5.32 Å². The van der Waals surface area contributed by atoms with E-state index in [0.717, 1.165) is 44.9 Å². The van der Waals surface area contributed by atoms with Gasteiger partial charge in [0.15, 0.2) is 6.29 Å². The zero-order chi connectivity index (χ0) is 42.3. The van der Waals surface area contributed by atoms with Crippen molar-refractivity contribution in [2.75, 3.05) is 13.2 Å². The highest BCUT2D eigenvalue weighted by Crippen LogP contribution is 2.22. The van der Waals surface area contributed by atoms with Crippen molar-refractivity contribution in [3.8, 4) is 0 Å². The van der Waals surface area contributed by atoms with Crippen LogP contribution >= 0.6 is 0 Å². The number of aliphatic hydroxyl groups is 5. The first-order valence-corrected chi connectivity index (χ1v) is 24.2. The fraction of sp³-hybridized carbons (Fsp3) is 0.857. The largest absolute Gasteiger partial charge is 0.394 e. The van der Waals surface area contributed by atoms with Crippen molar-refractivity contribution in [1.82, 2.24) is 5.32 Å². The Kier molecular flexibility index (Phi) is 37.1. The summed E-state index contributed by atoms with van der Waals surface area (Å²) in [6.07, 6.45) is 43.3. The van der Waals surface area contributed by atoms with E-state index in [0.29, 0.717) is 6.42 Å². The van der Waals surface area contributed by atoms with Crippen molar-refractivity contribution in [3.05, 3.63) is 36.5 Å². The Morgan fingerprint density at radius 2 is 0.983 bits per heavy atom. The smallest absolute Gasteiger partial charge is 0.220 e. The summed E-state index contributed by atoms with van der Waals surface area (Å²) >= 11 is 0. The first kappa shape index (κ1) is 54.4. The minimum Gasteiger partial charge on any atom is -0.394 e. The maximum atomic E-state index is 12.6. The lowest BCUT2D eigenvalue weighted by Crippen LogP contribution is -2.60. The number of unbranched alkanes of at least 4 members (excludes halogenated alkanes) is 26. The lowest BCUT2D eigenvalue weighted by atomic mass is 9.99. The molecule has 1 rings (SSSR count).